The lowest BCUT2D eigenvalue weighted by molar-refractivity contribution is -0.134. The molecule has 1 saturated carbocycles. The fourth-order valence-electron chi connectivity index (χ4n) is 3.46. The first-order valence-electron chi connectivity index (χ1n) is 9.02. The molecule has 0 bridgehead atoms. The number of carbonyl (C=O) groups excluding carboxylic acids is 2. The lowest BCUT2D eigenvalue weighted by Crippen LogP contribution is -2.38. The molecule has 6 nitrogen and oxygen atoms in total. The van der Waals surface area contributed by atoms with Gasteiger partial charge in [0, 0.05) is 38.5 Å². The minimum Gasteiger partial charge on any atom is -0.343 e. The van der Waals surface area contributed by atoms with Crippen molar-refractivity contribution in [2.24, 2.45) is 7.05 Å². The van der Waals surface area contributed by atoms with Crippen LogP contribution in [0.4, 0.5) is 5.82 Å². The Bertz CT molecular complexity index is 588. The molecule has 1 aromatic rings. The molecule has 6 heteroatoms. The third-order valence-corrected chi connectivity index (χ3v) is 5.06. The molecular formula is C18H30N4O2. The van der Waals surface area contributed by atoms with E-state index in [9.17, 15) is 9.59 Å². The number of carbonyl (C=O) groups is 2. The van der Waals surface area contributed by atoms with Crippen LogP contribution in [0.2, 0.25) is 0 Å². The molecule has 1 aromatic heterocycles. The summed E-state index contributed by atoms with van der Waals surface area (Å²) < 4.78 is 1.70. The Balaban J connectivity index is 1.84. The highest BCUT2D eigenvalue weighted by Gasteiger charge is 2.22. The van der Waals surface area contributed by atoms with Gasteiger partial charge in [-0.3, -0.25) is 14.3 Å². The zero-order valence-electron chi connectivity index (χ0n) is 15.4. The standard InChI is InChI=1S/C18H30N4O2/c1-5-15-13(2)18(22(4)20-15)19-16(23)11-12-17(24)21(3)14-9-7-6-8-10-14/h14H,5-12H2,1-4H3,(H,19,23). The minimum atomic E-state index is -0.130. The summed E-state index contributed by atoms with van der Waals surface area (Å²) in [4.78, 5) is 26.4. The summed E-state index contributed by atoms with van der Waals surface area (Å²) >= 11 is 0. The van der Waals surface area contributed by atoms with Gasteiger partial charge in [0.15, 0.2) is 0 Å². The van der Waals surface area contributed by atoms with E-state index in [1.165, 1.54) is 19.3 Å². The highest BCUT2D eigenvalue weighted by molar-refractivity contribution is 5.93. The Labute approximate surface area is 144 Å². The van der Waals surface area contributed by atoms with Crippen LogP contribution in [-0.4, -0.2) is 39.6 Å². The maximum absolute atomic E-state index is 12.3. The van der Waals surface area contributed by atoms with Gasteiger partial charge in [-0.05, 0) is 26.2 Å². The van der Waals surface area contributed by atoms with Crippen molar-refractivity contribution in [1.29, 1.82) is 0 Å². The molecule has 1 N–H and O–H groups in total. The van der Waals surface area contributed by atoms with Crippen LogP contribution in [0.1, 0.15) is 63.1 Å². The molecule has 2 rings (SSSR count). The van der Waals surface area contributed by atoms with Gasteiger partial charge in [0.1, 0.15) is 5.82 Å². The highest BCUT2D eigenvalue weighted by atomic mass is 16.2. The molecular weight excluding hydrogens is 304 g/mol. The first-order chi connectivity index (χ1) is 11.4. The molecule has 2 amide bonds. The van der Waals surface area contributed by atoms with Gasteiger partial charge >= 0.3 is 0 Å². The minimum absolute atomic E-state index is 0.0630. The number of anilines is 1. The lowest BCUT2D eigenvalue weighted by atomic mass is 9.94. The number of aryl methyl sites for hydroxylation is 2. The summed E-state index contributed by atoms with van der Waals surface area (Å²) in [6.45, 7) is 4.00. The predicted octanol–water partition coefficient (Wildman–Crippen LogP) is 2.80. The Kier molecular flexibility index (Phi) is 6.40. The van der Waals surface area contributed by atoms with Crippen LogP contribution in [0.25, 0.3) is 0 Å². The number of rotatable bonds is 6. The van der Waals surface area contributed by atoms with Crippen LogP contribution in [0.3, 0.4) is 0 Å². The number of amides is 2. The zero-order valence-corrected chi connectivity index (χ0v) is 15.4. The van der Waals surface area contributed by atoms with Crippen LogP contribution in [0, 0.1) is 6.92 Å². The van der Waals surface area contributed by atoms with E-state index in [1.807, 2.05) is 32.8 Å². The molecule has 1 heterocycles. The van der Waals surface area contributed by atoms with Crippen LogP contribution in [0.5, 0.6) is 0 Å². The molecule has 0 radical (unpaired) electrons. The molecule has 1 aliphatic rings. The van der Waals surface area contributed by atoms with Gasteiger partial charge in [-0.15, -0.1) is 0 Å². The molecule has 0 saturated heterocycles. The number of hydrogen-bond acceptors (Lipinski definition) is 3. The van der Waals surface area contributed by atoms with Crippen molar-refractivity contribution in [3.05, 3.63) is 11.3 Å². The average Bonchev–Trinajstić information content (AvgIpc) is 2.87. The SMILES string of the molecule is CCc1nn(C)c(NC(=O)CCC(=O)N(C)C2CCCCC2)c1C. The van der Waals surface area contributed by atoms with Gasteiger partial charge in [0.05, 0.1) is 5.69 Å². The zero-order chi connectivity index (χ0) is 17.7. The van der Waals surface area contributed by atoms with E-state index in [2.05, 4.69) is 10.4 Å². The molecule has 1 fully saturated rings. The Hall–Kier alpha value is -1.85. The van der Waals surface area contributed by atoms with E-state index in [0.29, 0.717) is 6.04 Å². The highest BCUT2D eigenvalue weighted by Crippen LogP contribution is 2.22. The quantitative estimate of drug-likeness (QED) is 0.870. The summed E-state index contributed by atoms with van der Waals surface area (Å²) in [5.74, 6) is 0.659. The van der Waals surface area contributed by atoms with Crippen molar-refractivity contribution < 1.29 is 9.59 Å². The van der Waals surface area contributed by atoms with Crippen molar-refractivity contribution in [2.75, 3.05) is 12.4 Å². The molecule has 0 unspecified atom stereocenters. The van der Waals surface area contributed by atoms with Crippen molar-refractivity contribution in [1.82, 2.24) is 14.7 Å². The van der Waals surface area contributed by atoms with E-state index in [4.69, 9.17) is 0 Å². The van der Waals surface area contributed by atoms with Gasteiger partial charge in [-0.2, -0.15) is 5.10 Å². The molecule has 0 aromatic carbocycles. The molecule has 0 spiro atoms. The van der Waals surface area contributed by atoms with E-state index in [-0.39, 0.29) is 24.7 Å². The van der Waals surface area contributed by atoms with E-state index < -0.39 is 0 Å². The first-order valence-corrected chi connectivity index (χ1v) is 9.02. The number of hydrogen-bond donors (Lipinski definition) is 1. The van der Waals surface area contributed by atoms with E-state index in [0.717, 1.165) is 36.3 Å². The number of nitrogens with one attached hydrogen (secondary N) is 1. The smallest absolute Gasteiger partial charge is 0.226 e. The lowest BCUT2D eigenvalue weighted by Gasteiger charge is -2.31. The predicted molar refractivity (Wildman–Crippen MR) is 94.8 cm³/mol. The summed E-state index contributed by atoms with van der Waals surface area (Å²) in [6.07, 6.45) is 7.14. The van der Waals surface area contributed by atoms with Crippen LogP contribution >= 0.6 is 0 Å². The maximum Gasteiger partial charge on any atom is 0.226 e. The monoisotopic (exact) mass is 334 g/mol. The van der Waals surface area contributed by atoms with Crippen LogP contribution in [0.15, 0.2) is 0 Å². The number of aromatic nitrogens is 2. The second kappa shape index (κ2) is 8.31. The second-order valence-electron chi connectivity index (χ2n) is 6.74. The van der Waals surface area contributed by atoms with Crippen molar-refractivity contribution in [3.8, 4) is 0 Å². The van der Waals surface area contributed by atoms with Gasteiger partial charge < -0.3 is 10.2 Å². The second-order valence-corrected chi connectivity index (χ2v) is 6.74. The molecule has 134 valence electrons. The fraction of sp³-hybridized carbons (Fsp3) is 0.722. The van der Waals surface area contributed by atoms with Gasteiger partial charge in [0.25, 0.3) is 0 Å². The summed E-state index contributed by atoms with van der Waals surface area (Å²) in [6, 6.07) is 0.348. The molecule has 24 heavy (non-hydrogen) atoms. The number of nitrogens with zero attached hydrogens (tertiary/aromatic N) is 3. The summed E-state index contributed by atoms with van der Waals surface area (Å²) in [5, 5.41) is 7.29. The summed E-state index contributed by atoms with van der Waals surface area (Å²) in [7, 11) is 3.69. The summed E-state index contributed by atoms with van der Waals surface area (Å²) in [5.41, 5.74) is 1.99. The van der Waals surface area contributed by atoms with Crippen LogP contribution < -0.4 is 5.32 Å². The molecule has 1 aliphatic carbocycles. The first kappa shape index (κ1) is 18.5. The third kappa shape index (κ3) is 4.36. The average molecular weight is 334 g/mol. The Morgan fingerprint density at radius 1 is 1.25 bits per heavy atom. The van der Waals surface area contributed by atoms with Crippen molar-refractivity contribution in [3.63, 3.8) is 0 Å². The molecule has 0 aliphatic heterocycles. The maximum atomic E-state index is 12.3. The van der Waals surface area contributed by atoms with Gasteiger partial charge in [0.2, 0.25) is 11.8 Å². The third-order valence-electron chi connectivity index (χ3n) is 5.06. The van der Waals surface area contributed by atoms with E-state index in [1.54, 1.807) is 4.68 Å². The topological polar surface area (TPSA) is 67.2 Å². The van der Waals surface area contributed by atoms with Crippen molar-refractivity contribution >= 4 is 17.6 Å². The largest absolute Gasteiger partial charge is 0.343 e. The molecule has 0 atom stereocenters. The Morgan fingerprint density at radius 2 is 1.92 bits per heavy atom. The fourth-order valence-corrected chi connectivity index (χ4v) is 3.46. The van der Waals surface area contributed by atoms with Gasteiger partial charge in [-0.25, -0.2) is 0 Å². The van der Waals surface area contributed by atoms with Gasteiger partial charge in [-0.1, -0.05) is 26.2 Å². The normalized spacial score (nSPS) is 15.3. The van der Waals surface area contributed by atoms with Crippen LogP contribution in [-0.2, 0) is 23.1 Å². The van der Waals surface area contributed by atoms with Crippen molar-refractivity contribution in [2.45, 2.75) is 71.3 Å². The Morgan fingerprint density at radius 3 is 2.50 bits per heavy atom. The van der Waals surface area contributed by atoms with E-state index >= 15 is 0 Å².